The Balaban J connectivity index is 1.71. The number of carbonyl (C=O) groups excluding carboxylic acids is 1. The molecule has 0 spiro atoms. The van der Waals surface area contributed by atoms with Crippen molar-refractivity contribution in [3.05, 3.63) is 42.6 Å². The summed E-state index contributed by atoms with van der Waals surface area (Å²) >= 11 is 5.58. The second kappa shape index (κ2) is 5.21. The minimum atomic E-state index is -1.97. The van der Waals surface area contributed by atoms with Crippen molar-refractivity contribution in [3.8, 4) is 11.6 Å². The maximum atomic E-state index is 13.6. The van der Waals surface area contributed by atoms with Gasteiger partial charge < -0.3 is 10.1 Å². The molecule has 22 heavy (non-hydrogen) atoms. The van der Waals surface area contributed by atoms with Crippen LogP contribution in [0.1, 0.15) is 13.3 Å². The Morgan fingerprint density at radius 2 is 2.18 bits per heavy atom. The van der Waals surface area contributed by atoms with Crippen LogP contribution in [0.25, 0.3) is 0 Å². The van der Waals surface area contributed by atoms with E-state index in [0.29, 0.717) is 17.3 Å². The molecule has 0 aliphatic heterocycles. The average Bonchev–Trinajstić information content (AvgIpc) is 3.00. The van der Waals surface area contributed by atoms with Gasteiger partial charge in [-0.15, -0.1) is 5.10 Å². The van der Waals surface area contributed by atoms with Gasteiger partial charge >= 0.3 is 0 Å². The molecule has 0 bridgehead atoms. The number of amides is 1. The molecule has 0 radical (unpaired) electrons. The van der Waals surface area contributed by atoms with Crippen LogP contribution in [0.4, 0.5) is 10.1 Å². The third kappa shape index (κ3) is 2.74. The molecule has 1 aliphatic carbocycles. The zero-order valence-corrected chi connectivity index (χ0v) is 12.5. The van der Waals surface area contributed by atoms with Crippen LogP contribution in [0.5, 0.6) is 11.6 Å². The van der Waals surface area contributed by atoms with E-state index in [4.69, 9.17) is 16.3 Å². The predicted molar refractivity (Wildman–Crippen MR) is 79.6 cm³/mol. The number of nitrogens with one attached hydrogen (secondary N) is 1. The summed E-state index contributed by atoms with van der Waals surface area (Å²) in [6.45, 7) is 1.50. The van der Waals surface area contributed by atoms with E-state index < -0.39 is 16.5 Å². The topological polar surface area (TPSA) is 64.1 Å². The number of rotatable bonds is 4. The molecule has 5 nitrogen and oxygen atoms in total. The van der Waals surface area contributed by atoms with Gasteiger partial charge in [-0.3, -0.25) is 4.79 Å². The molecule has 3 rings (SSSR count). The van der Waals surface area contributed by atoms with Gasteiger partial charge in [0.25, 0.3) is 0 Å². The SMILES string of the molecule is CC1(C(=O)Nc2cccc(Oc3cccnn3)c2)CC1(F)Cl. The van der Waals surface area contributed by atoms with E-state index in [2.05, 4.69) is 15.5 Å². The molecule has 1 saturated carbocycles. The number of benzene rings is 1. The third-order valence-corrected chi connectivity index (χ3v) is 4.17. The monoisotopic (exact) mass is 321 g/mol. The maximum absolute atomic E-state index is 13.6. The van der Waals surface area contributed by atoms with Crippen LogP contribution in [-0.2, 0) is 4.79 Å². The molecule has 1 N–H and O–H groups in total. The Labute approximate surface area is 131 Å². The summed E-state index contributed by atoms with van der Waals surface area (Å²) in [5.41, 5.74) is -0.706. The second-order valence-electron chi connectivity index (χ2n) is 5.36. The summed E-state index contributed by atoms with van der Waals surface area (Å²) < 4.78 is 19.1. The number of aromatic nitrogens is 2. The van der Waals surface area contributed by atoms with Crippen molar-refractivity contribution < 1.29 is 13.9 Å². The standard InChI is InChI=1S/C15H13ClFN3O2/c1-14(9-15(14,16)17)13(21)19-10-4-2-5-11(8-10)22-12-6-3-7-18-20-12/h2-8H,9H2,1H3,(H,19,21). The molecule has 1 fully saturated rings. The highest BCUT2D eigenvalue weighted by molar-refractivity contribution is 6.28. The zero-order chi connectivity index (χ0) is 15.8. The Morgan fingerprint density at radius 1 is 1.41 bits per heavy atom. The van der Waals surface area contributed by atoms with E-state index in [1.165, 1.54) is 13.1 Å². The minimum absolute atomic E-state index is 0.00316. The number of alkyl halides is 2. The van der Waals surface area contributed by atoms with E-state index in [0.717, 1.165) is 0 Å². The highest BCUT2D eigenvalue weighted by Crippen LogP contribution is 2.62. The average molecular weight is 322 g/mol. The molecule has 0 saturated heterocycles. The molecule has 1 aromatic heterocycles. The van der Waals surface area contributed by atoms with Crippen molar-refractivity contribution in [1.82, 2.24) is 10.2 Å². The first-order valence-electron chi connectivity index (χ1n) is 6.66. The lowest BCUT2D eigenvalue weighted by Crippen LogP contribution is -2.26. The third-order valence-electron chi connectivity index (χ3n) is 3.62. The fourth-order valence-electron chi connectivity index (χ4n) is 2.02. The largest absolute Gasteiger partial charge is 0.437 e. The van der Waals surface area contributed by atoms with Crippen LogP contribution >= 0.6 is 11.6 Å². The molecule has 1 aliphatic rings. The van der Waals surface area contributed by atoms with Crippen LogP contribution in [0.15, 0.2) is 42.6 Å². The van der Waals surface area contributed by atoms with E-state index >= 15 is 0 Å². The van der Waals surface area contributed by atoms with E-state index in [1.54, 1.807) is 36.4 Å². The number of halogens is 2. The van der Waals surface area contributed by atoms with E-state index in [9.17, 15) is 9.18 Å². The van der Waals surface area contributed by atoms with Gasteiger partial charge in [0.05, 0.1) is 5.41 Å². The molecular weight excluding hydrogens is 309 g/mol. The first kappa shape index (κ1) is 14.7. The van der Waals surface area contributed by atoms with E-state index in [1.807, 2.05) is 0 Å². The van der Waals surface area contributed by atoms with Gasteiger partial charge in [0.1, 0.15) is 5.75 Å². The van der Waals surface area contributed by atoms with Gasteiger partial charge in [-0.05, 0) is 25.1 Å². The smallest absolute Gasteiger partial charge is 0.238 e. The normalized spacial score (nSPS) is 26.3. The van der Waals surface area contributed by atoms with Gasteiger partial charge in [0.15, 0.2) is 5.13 Å². The maximum Gasteiger partial charge on any atom is 0.238 e. The van der Waals surface area contributed by atoms with Crippen molar-refractivity contribution in [2.45, 2.75) is 18.5 Å². The van der Waals surface area contributed by atoms with Crippen molar-refractivity contribution in [2.75, 3.05) is 5.32 Å². The first-order chi connectivity index (χ1) is 10.4. The lowest BCUT2D eigenvalue weighted by atomic mass is 10.1. The van der Waals surface area contributed by atoms with Crippen LogP contribution in [0.3, 0.4) is 0 Å². The zero-order valence-electron chi connectivity index (χ0n) is 11.7. The van der Waals surface area contributed by atoms with Crippen LogP contribution in [-0.4, -0.2) is 21.2 Å². The summed E-state index contributed by atoms with van der Waals surface area (Å²) in [4.78, 5) is 12.1. The highest BCUT2D eigenvalue weighted by atomic mass is 35.5. The lowest BCUT2D eigenvalue weighted by molar-refractivity contribution is -0.121. The fourth-order valence-corrected chi connectivity index (χ4v) is 2.37. The van der Waals surface area contributed by atoms with Gasteiger partial charge in [-0.2, -0.15) is 5.10 Å². The van der Waals surface area contributed by atoms with Gasteiger partial charge in [0, 0.05) is 30.4 Å². The molecular formula is C15H13ClFN3O2. The van der Waals surface area contributed by atoms with E-state index in [-0.39, 0.29) is 6.42 Å². The van der Waals surface area contributed by atoms with Crippen molar-refractivity contribution in [3.63, 3.8) is 0 Å². The molecule has 1 amide bonds. The molecule has 1 aromatic carbocycles. The predicted octanol–water partition coefficient (Wildman–Crippen LogP) is 3.52. The Morgan fingerprint density at radius 3 is 2.82 bits per heavy atom. The van der Waals surface area contributed by atoms with Crippen LogP contribution in [0.2, 0.25) is 0 Å². The second-order valence-corrected chi connectivity index (χ2v) is 5.96. The summed E-state index contributed by atoms with van der Waals surface area (Å²) in [5.74, 6) is 0.363. The lowest BCUT2D eigenvalue weighted by Gasteiger charge is -2.12. The van der Waals surface area contributed by atoms with Crippen LogP contribution < -0.4 is 10.1 Å². The molecule has 114 valence electrons. The van der Waals surface area contributed by atoms with Crippen molar-refractivity contribution >= 4 is 23.2 Å². The molecule has 7 heteroatoms. The van der Waals surface area contributed by atoms with Gasteiger partial charge in [0.2, 0.25) is 11.8 Å². The first-order valence-corrected chi connectivity index (χ1v) is 7.03. The summed E-state index contributed by atoms with van der Waals surface area (Å²) in [6, 6.07) is 10.1. The number of anilines is 1. The molecule has 2 aromatic rings. The number of ether oxygens (including phenoxy) is 1. The molecule has 1 heterocycles. The molecule has 2 atom stereocenters. The van der Waals surface area contributed by atoms with Gasteiger partial charge in [-0.1, -0.05) is 17.7 Å². The van der Waals surface area contributed by atoms with Crippen molar-refractivity contribution in [1.29, 1.82) is 0 Å². The number of hydrogen-bond donors (Lipinski definition) is 1. The summed E-state index contributed by atoms with van der Waals surface area (Å²) in [6.07, 6.45) is 1.54. The number of carbonyl (C=O) groups is 1. The van der Waals surface area contributed by atoms with Crippen molar-refractivity contribution in [2.24, 2.45) is 5.41 Å². The minimum Gasteiger partial charge on any atom is -0.437 e. The number of hydrogen-bond acceptors (Lipinski definition) is 4. The number of nitrogens with zero attached hydrogens (tertiary/aromatic N) is 2. The Hall–Kier alpha value is -2.21. The Kier molecular flexibility index (Phi) is 3.48. The summed E-state index contributed by atoms with van der Waals surface area (Å²) in [5, 5.41) is 8.19. The van der Waals surface area contributed by atoms with Crippen LogP contribution in [0, 0.1) is 5.41 Å². The molecule has 2 unspecified atom stereocenters. The highest BCUT2D eigenvalue weighted by Gasteiger charge is 2.70. The summed E-state index contributed by atoms with van der Waals surface area (Å²) in [7, 11) is 0. The quantitative estimate of drug-likeness (QED) is 0.875. The van der Waals surface area contributed by atoms with Gasteiger partial charge in [-0.25, -0.2) is 4.39 Å². The fraction of sp³-hybridized carbons (Fsp3) is 0.267. The Bertz CT molecular complexity index is 711.